The first-order chi connectivity index (χ1) is 13.2. The number of ether oxygens (including phenoxy) is 1. The first-order valence-corrected chi connectivity index (χ1v) is 11.3. The minimum absolute atomic E-state index is 0.137. The second kappa shape index (κ2) is 9.21. The molecular weight excluding hydrogens is 342 g/mol. The lowest BCUT2D eigenvalue weighted by atomic mass is 9.95. The topological polar surface area (TPSA) is 65.0 Å². The van der Waals surface area contributed by atoms with Gasteiger partial charge in [-0.1, -0.05) is 19.3 Å². The van der Waals surface area contributed by atoms with E-state index in [0.29, 0.717) is 31.1 Å². The summed E-state index contributed by atoms with van der Waals surface area (Å²) in [6.07, 6.45) is 10.7. The van der Waals surface area contributed by atoms with E-state index in [1.807, 2.05) is 0 Å². The van der Waals surface area contributed by atoms with Gasteiger partial charge in [0.2, 0.25) is 5.91 Å². The zero-order chi connectivity index (χ0) is 18.6. The summed E-state index contributed by atoms with van der Waals surface area (Å²) in [6.45, 7) is 4.67. The van der Waals surface area contributed by atoms with Crippen molar-refractivity contribution in [3.63, 3.8) is 0 Å². The van der Waals surface area contributed by atoms with Crippen molar-refractivity contribution < 1.29 is 14.6 Å². The molecule has 0 bridgehead atoms. The zero-order valence-electron chi connectivity index (χ0n) is 16.7. The fourth-order valence-electron chi connectivity index (χ4n) is 5.68. The summed E-state index contributed by atoms with van der Waals surface area (Å²) in [5.41, 5.74) is 0. The molecule has 4 aliphatic rings. The molecule has 0 spiro atoms. The Balaban J connectivity index is 1.30. The molecule has 0 aromatic carbocycles. The number of hydrogen-bond donors (Lipinski definition) is 2. The van der Waals surface area contributed by atoms with Gasteiger partial charge in [0.25, 0.3) is 0 Å². The Hall–Kier alpha value is -0.690. The molecule has 6 nitrogen and oxygen atoms in total. The van der Waals surface area contributed by atoms with Gasteiger partial charge < -0.3 is 20.1 Å². The number of β-amino-alcohol motifs (C(OH)–C–C–N with tert-alkyl or cyclic N) is 1. The highest BCUT2D eigenvalue weighted by Gasteiger charge is 2.41. The number of hydrogen-bond acceptors (Lipinski definition) is 5. The van der Waals surface area contributed by atoms with Crippen molar-refractivity contribution in [2.45, 2.75) is 94.5 Å². The maximum absolute atomic E-state index is 12.9. The minimum Gasteiger partial charge on any atom is -0.392 e. The van der Waals surface area contributed by atoms with E-state index in [-0.39, 0.29) is 18.1 Å². The van der Waals surface area contributed by atoms with Gasteiger partial charge in [0, 0.05) is 37.9 Å². The minimum atomic E-state index is -0.361. The Morgan fingerprint density at radius 2 is 1.63 bits per heavy atom. The molecule has 27 heavy (non-hydrogen) atoms. The number of carbonyl (C=O) groups is 1. The van der Waals surface area contributed by atoms with Crippen LogP contribution in [0.15, 0.2) is 0 Å². The van der Waals surface area contributed by atoms with Gasteiger partial charge in [-0.3, -0.25) is 9.69 Å². The SMILES string of the molecule is O=C(NC1CCCCC1)[C@@H]1C[C@@H](O)CN1C1CCN(C2CCOCC2)CC1. The summed E-state index contributed by atoms with van der Waals surface area (Å²) in [4.78, 5) is 17.9. The molecule has 2 N–H and O–H groups in total. The van der Waals surface area contributed by atoms with Crippen LogP contribution in [0.3, 0.4) is 0 Å². The fourth-order valence-corrected chi connectivity index (χ4v) is 5.68. The van der Waals surface area contributed by atoms with Gasteiger partial charge in [0.1, 0.15) is 0 Å². The molecule has 3 heterocycles. The lowest BCUT2D eigenvalue weighted by Crippen LogP contribution is -2.54. The number of rotatable bonds is 4. The van der Waals surface area contributed by atoms with Crippen molar-refractivity contribution in [1.82, 2.24) is 15.1 Å². The molecule has 6 heteroatoms. The van der Waals surface area contributed by atoms with Crippen molar-refractivity contribution >= 4 is 5.91 Å². The zero-order valence-corrected chi connectivity index (χ0v) is 16.7. The highest BCUT2D eigenvalue weighted by Crippen LogP contribution is 2.29. The van der Waals surface area contributed by atoms with Gasteiger partial charge in [-0.25, -0.2) is 0 Å². The second-order valence-corrected chi connectivity index (χ2v) is 9.06. The van der Waals surface area contributed by atoms with Crippen LogP contribution in [0.4, 0.5) is 0 Å². The standard InChI is InChI=1S/C21H37N3O3/c25-19-14-20(21(26)22-16-4-2-1-3-5-16)24(15-19)18-6-10-23(11-7-18)17-8-12-27-13-9-17/h16-20,25H,1-15H2,(H,22,26)/t19-,20+/m1/s1. The van der Waals surface area contributed by atoms with Crippen LogP contribution < -0.4 is 5.32 Å². The highest BCUT2D eigenvalue weighted by molar-refractivity contribution is 5.82. The lowest BCUT2D eigenvalue weighted by Gasteiger charge is -2.42. The van der Waals surface area contributed by atoms with Gasteiger partial charge in [-0.05, 0) is 58.0 Å². The average molecular weight is 380 g/mol. The average Bonchev–Trinajstić information content (AvgIpc) is 3.11. The van der Waals surface area contributed by atoms with Crippen molar-refractivity contribution in [3.8, 4) is 0 Å². The van der Waals surface area contributed by atoms with Crippen molar-refractivity contribution in [2.75, 3.05) is 32.8 Å². The number of aliphatic hydroxyl groups excluding tert-OH is 1. The van der Waals surface area contributed by atoms with Crippen LogP contribution in [-0.2, 0) is 9.53 Å². The molecule has 0 aromatic heterocycles. The van der Waals surface area contributed by atoms with Gasteiger partial charge in [-0.15, -0.1) is 0 Å². The second-order valence-electron chi connectivity index (χ2n) is 9.06. The normalized spacial score (nSPS) is 33.4. The summed E-state index contributed by atoms with van der Waals surface area (Å²) < 4.78 is 5.50. The van der Waals surface area contributed by atoms with E-state index in [1.165, 1.54) is 19.3 Å². The maximum Gasteiger partial charge on any atom is 0.237 e. The van der Waals surface area contributed by atoms with Crippen molar-refractivity contribution in [3.05, 3.63) is 0 Å². The molecule has 0 radical (unpaired) electrons. The molecular formula is C21H37N3O3. The Kier molecular flexibility index (Phi) is 6.69. The number of piperidine rings is 1. The smallest absolute Gasteiger partial charge is 0.237 e. The lowest BCUT2D eigenvalue weighted by molar-refractivity contribution is -0.127. The monoisotopic (exact) mass is 379 g/mol. The third-order valence-electron chi connectivity index (χ3n) is 7.25. The number of aliphatic hydroxyl groups is 1. The molecule has 3 saturated heterocycles. The van der Waals surface area contributed by atoms with Crippen LogP contribution in [-0.4, -0.2) is 83.9 Å². The molecule has 0 aromatic rings. The van der Waals surface area contributed by atoms with E-state index in [4.69, 9.17) is 4.74 Å². The highest BCUT2D eigenvalue weighted by atomic mass is 16.5. The first-order valence-electron chi connectivity index (χ1n) is 11.3. The number of nitrogens with one attached hydrogen (secondary N) is 1. The summed E-state index contributed by atoms with van der Waals surface area (Å²) >= 11 is 0. The molecule has 0 unspecified atom stereocenters. The molecule has 154 valence electrons. The van der Waals surface area contributed by atoms with Gasteiger partial charge in [-0.2, -0.15) is 0 Å². The van der Waals surface area contributed by atoms with E-state index in [2.05, 4.69) is 15.1 Å². The van der Waals surface area contributed by atoms with Gasteiger partial charge >= 0.3 is 0 Å². The molecule has 4 rings (SSSR count). The molecule has 4 fully saturated rings. The van der Waals surface area contributed by atoms with Crippen LogP contribution in [0, 0.1) is 0 Å². The predicted octanol–water partition coefficient (Wildman–Crippen LogP) is 1.51. The summed E-state index contributed by atoms with van der Waals surface area (Å²) in [6, 6.07) is 1.32. The summed E-state index contributed by atoms with van der Waals surface area (Å²) in [5, 5.41) is 13.6. The van der Waals surface area contributed by atoms with E-state index in [1.54, 1.807) is 0 Å². The predicted molar refractivity (Wildman–Crippen MR) is 105 cm³/mol. The van der Waals surface area contributed by atoms with Crippen LogP contribution >= 0.6 is 0 Å². The number of carbonyl (C=O) groups excluding carboxylic acids is 1. The Labute approximate surface area is 163 Å². The van der Waals surface area contributed by atoms with E-state index in [9.17, 15) is 9.90 Å². The third-order valence-corrected chi connectivity index (χ3v) is 7.25. The maximum atomic E-state index is 12.9. The fraction of sp³-hybridized carbons (Fsp3) is 0.952. The third kappa shape index (κ3) is 4.84. The van der Waals surface area contributed by atoms with E-state index in [0.717, 1.165) is 64.8 Å². The Morgan fingerprint density at radius 1 is 0.926 bits per heavy atom. The largest absolute Gasteiger partial charge is 0.392 e. The summed E-state index contributed by atoms with van der Waals surface area (Å²) in [7, 11) is 0. The van der Waals surface area contributed by atoms with Crippen LogP contribution in [0.5, 0.6) is 0 Å². The number of amides is 1. The van der Waals surface area contributed by atoms with Crippen molar-refractivity contribution in [2.24, 2.45) is 0 Å². The van der Waals surface area contributed by atoms with Gasteiger partial charge in [0.05, 0.1) is 12.1 Å². The number of nitrogens with zero attached hydrogens (tertiary/aromatic N) is 2. The Morgan fingerprint density at radius 3 is 2.33 bits per heavy atom. The molecule has 1 amide bonds. The molecule has 1 aliphatic carbocycles. The van der Waals surface area contributed by atoms with E-state index < -0.39 is 0 Å². The van der Waals surface area contributed by atoms with E-state index >= 15 is 0 Å². The van der Waals surface area contributed by atoms with Gasteiger partial charge in [0.15, 0.2) is 0 Å². The van der Waals surface area contributed by atoms with Crippen LogP contribution in [0.2, 0.25) is 0 Å². The quantitative estimate of drug-likeness (QED) is 0.775. The number of likely N-dealkylation sites (tertiary alicyclic amines) is 2. The summed E-state index contributed by atoms with van der Waals surface area (Å²) in [5.74, 6) is 0.158. The van der Waals surface area contributed by atoms with Crippen LogP contribution in [0.25, 0.3) is 0 Å². The Bertz CT molecular complexity index is 483. The first kappa shape index (κ1) is 19.6. The van der Waals surface area contributed by atoms with Crippen molar-refractivity contribution in [1.29, 1.82) is 0 Å². The molecule has 1 saturated carbocycles. The molecule has 3 aliphatic heterocycles. The van der Waals surface area contributed by atoms with Crippen LogP contribution in [0.1, 0.15) is 64.2 Å². The molecule has 2 atom stereocenters.